The van der Waals surface area contributed by atoms with Crippen molar-refractivity contribution in [1.82, 2.24) is 15.6 Å². The Kier molecular flexibility index (Phi) is 7.42. The van der Waals surface area contributed by atoms with Crippen molar-refractivity contribution in [2.45, 2.75) is 36.6 Å². The Morgan fingerprint density at radius 2 is 1.87 bits per heavy atom. The minimum Gasteiger partial charge on any atom is -0.367 e. The zero-order chi connectivity index (χ0) is 22.8. The van der Waals surface area contributed by atoms with E-state index >= 15 is 0 Å². The fourth-order valence-corrected chi connectivity index (χ4v) is 5.09. The molecule has 174 valence electrons. The predicted molar refractivity (Wildman–Crippen MR) is 113 cm³/mol. The maximum atomic E-state index is 14.7. The first-order valence-electron chi connectivity index (χ1n) is 10.1. The summed E-state index contributed by atoms with van der Waals surface area (Å²) in [7, 11) is -3.18. The quantitative estimate of drug-likeness (QED) is 0.332. The van der Waals surface area contributed by atoms with E-state index in [4.69, 9.17) is 11.5 Å². The largest absolute Gasteiger partial charge is 0.367 e. The van der Waals surface area contributed by atoms with Crippen LogP contribution < -0.4 is 32.3 Å². The van der Waals surface area contributed by atoms with E-state index in [0.29, 0.717) is 25.9 Å². The molecule has 7 N–H and O–H groups in total. The summed E-state index contributed by atoms with van der Waals surface area (Å²) in [4.78, 5) is 18.5. The van der Waals surface area contributed by atoms with Gasteiger partial charge >= 0.3 is 0 Å². The van der Waals surface area contributed by atoms with Gasteiger partial charge in [-0.15, -0.1) is 0 Å². The molecule has 10 nitrogen and oxygen atoms in total. The summed E-state index contributed by atoms with van der Waals surface area (Å²) in [6, 6.07) is 0. The van der Waals surface area contributed by atoms with Crippen molar-refractivity contribution < 1.29 is 22.0 Å². The van der Waals surface area contributed by atoms with Crippen LogP contribution in [0.4, 0.5) is 20.2 Å². The number of halogens is 2. The molecule has 0 bridgehead atoms. The SMILES string of the molecule is CS(=O)(=O)C1CCN(c2c(F)cncc2NC(=O)C(C(N)N)C2NCC(F)CN2)CC1. The highest BCUT2D eigenvalue weighted by Gasteiger charge is 2.36. The van der Waals surface area contributed by atoms with Crippen LogP contribution in [0.3, 0.4) is 0 Å². The molecule has 0 spiro atoms. The second-order valence-corrected chi connectivity index (χ2v) is 10.3. The van der Waals surface area contributed by atoms with E-state index in [0.717, 1.165) is 6.20 Å². The number of nitrogens with zero attached hydrogens (tertiary/aromatic N) is 2. The molecule has 1 atom stereocenters. The van der Waals surface area contributed by atoms with Gasteiger partial charge in [-0.2, -0.15) is 0 Å². The number of alkyl halides is 1. The van der Waals surface area contributed by atoms with E-state index < -0.39 is 51.2 Å². The molecule has 2 aliphatic heterocycles. The molecule has 2 saturated heterocycles. The maximum Gasteiger partial charge on any atom is 0.233 e. The Morgan fingerprint density at radius 3 is 2.42 bits per heavy atom. The number of rotatable bonds is 6. The number of piperidine rings is 1. The zero-order valence-electron chi connectivity index (χ0n) is 17.2. The summed E-state index contributed by atoms with van der Waals surface area (Å²) in [5.41, 5.74) is 11.9. The third-order valence-electron chi connectivity index (χ3n) is 5.69. The van der Waals surface area contributed by atoms with Gasteiger partial charge in [0.1, 0.15) is 21.7 Å². The number of nitrogens with one attached hydrogen (secondary N) is 3. The lowest BCUT2D eigenvalue weighted by Crippen LogP contribution is -2.64. The van der Waals surface area contributed by atoms with Crippen LogP contribution in [0.15, 0.2) is 12.4 Å². The van der Waals surface area contributed by atoms with Crippen LogP contribution in [0, 0.1) is 11.7 Å². The molecule has 13 heteroatoms. The molecular weight excluding hydrogens is 432 g/mol. The average Bonchev–Trinajstić information content (AvgIpc) is 2.69. The molecule has 0 aliphatic carbocycles. The molecule has 2 aliphatic rings. The van der Waals surface area contributed by atoms with E-state index in [2.05, 4.69) is 20.9 Å². The van der Waals surface area contributed by atoms with Gasteiger partial charge < -0.3 is 21.7 Å². The predicted octanol–water partition coefficient (Wildman–Crippen LogP) is -1.11. The van der Waals surface area contributed by atoms with Gasteiger partial charge in [0, 0.05) is 32.4 Å². The normalized spacial score (nSPS) is 24.3. The number of carbonyl (C=O) groups is 1. The molecule has 3 heterocycles. The molecule has 0 saturated carbocycles. The molecule has 1 amide bonds. The van der Waals surface area contributed by atoms with Crippen LogP contribution in [-0.4, -0.2) is 75.5 Å². The number of pyridine rings is 1. The third-order valence-corrected chi connectivity index (χ3v) is 7.37. The number of nitrogens with two attached hydrogens (primary N) is 2. The van der Waals surface area contributed by atoms with Crippen LogP contribution in [0.2, 0.25) is 0 Å². The van der Waals surface area contributed by atoms with Gasteiger partial charge in [-0.05, 0) is 12.8 Å². The summed E-state index contributed by atoms with van der Waals surface area (Å²) in [5, 5.41) is 7.89. The van der Waals surface area contributed by atoms with E-state index in [1.807, 2.05) is 0 Å². The van der Waals surface area contributed by atoms with Gasteiger partial charge in [0.15, 0.2) is 5.82 Å². The number of carbonyl (C=O) groups excluding carboxylic acids is 1. The van der Waals surface area contributed by atoms with Crippen molar-refractivity contribution in [2.75, 3.05) is 42.7 Å². The number of hydrogen-bond donors (Lipinski definition) is 5. The number of sulfone groups is 1. The van der Waals surface area contributed by atoms with Gasteiger partial charge in [0.05, 0.1) is 41.6 Å². The monoisotopic (exact) mass is 461 g/mol. The first kappa shape index (κ1) is 23.7. The summed E-state index contributed by atoms with van der Waals surface area (Å²) in [5.74, 6) is -2.17. The Balaban J connectivity index is 1.77. The van der Waals surface area contributed by atoms with E-state index in [1.54, 1.807) is 4.90 Å². The number of amides is 1. The van der Waals surface area contributed by atoms with Gasteiger partial charge in [-0.3, -0.25) is 20.4 Å². The van der Waals surface area contributed by atoms with Gasteiger partial charge in [-0.25, -0.2) is 17.2 Å². The van der Waals surface area contributed by atoms with E-state index in [9.17, 15) is 22.0 Å². The summed E-state index contributed by atoms with van der Waals surface area (Å²) in [6.45, 7) is 0.725. The molecule has 2 fully saturated rings. The Labute approximate surface area is 180 Å². The number of aromatic nitrogens is 1. The Morgan fingerprint density at radius 1 is 1.26 bits per heavy atom. The maximum absolute atomic E-state index is 14.7. The second kappa shape index (κ2) is 9.69. The summed E-state index contributed by atoms with van der Waals surface area (Å²) in [6.07, 6.45) is 1.44. The zero-order valence-corrected chi connectivity index (χ0v) is 18.0. The molecule has 0 radical (unpaired) electrons. The van der Waals surface area contributed by atoms with E-state index in [-0.39, 0.29) is 24.5 Å². The average molecular weight is 462 g/mol. The van der Waals surface area contributed by atoms with Crippen LogP contribution in [0.5, 0.6) is 0 Å². The summed E-state index contributed by atoms with van der Waals surface area (Å²) < 4.78 is 51.7. The highest BCUT2D eigenvalue weighted by Crippen LogP contribution is 2.32. The van der Waals surface area contributed by atoms with Crippen molar-refractivity contribution in [3.8, 4) is 0 Å². The first-order chi connectivity index (χ1) is 14.6. The molecule has 1 aromatic rings. The van der Waals surface area contributed by atoms with Crippen molar-refractivity contribution >= 4 is 27.1 Å². The van der Waals surface area contributed by atoms with Crippen LogP contribution in [0.1, 0.15) is 12.8 Å². The smallest absolute Gasteiger partial charge is 0.233 e. The topological polar surface area (TPSA) is 155 Å². The second-order valence-electron chi connectivity index (χ2n) is 8.02. The van der Waals surface area contributed by atoms with Crippen LogP contribution in [-0.2, 0) is 14.6 Å². The first-order valence-corrected chi connectivity index (χ1v) is 12.0. The van der Waals surface area contributed by atoms with Gasteiger partial charge in [0.2, 0.25) is 5.91 Å². The molecule has 1 unspecified atom stereocenters. The molecular formula is C18H29F2N7O3S. The molecule has 0 aromatic carbocycles. The van der Waals surface area contributed by atoms with Crippen LogP contribution >= 0.6 is 0 Å². The molecule has 3 rings (SSSR count). The Bertz CT molecular complexity index is 886. The highest BCUT2D eigenvalue weighted by atomic mass is 32.2. The van der Waals surface area contributed by atoms with Crippen molar-refractivity contribution in [3.05, 3.63) is 18.2 Å². The van der Waals surface area contributed by atoms with Gasteiger partial charge in [0.25, 0.3) is 0 Å². The lowest BCUT2D eigenvalue weighted by molar-refractivity contribution is -0.122. The lowest BCUT2D eigenvalue weighted by atomic mass is 9.99. The molecule has 1 aromatic heterocycles. The minimum absolute atomic E-state index is 0.0518. The fourth-order valence-electron chi connectivity index (χ4n) is 4.02. The third kappa shape index (κ3) is 5.66. The van der Waals surface area contributed by atoms with Gasteiger partial charge in [-0.1, -0.05) is 0 Å². The van der Waals surface area contributed by atoms with Crippen molar-refractivity contribution in [2.24, 2.45) is 17.4 Å². The lowest BCUT2D eigenvalue weighted by Gasteiger charge is -2.36. The highest BCUT2D eigenvalue weighted by molar-refractivity contribution is 7.91. The minimum atomic E-state index is -3.18. The van der Waals surface area contributed by atoms with E-state index in [1.165, 1.54) is 12.5 Å². The number of hydrogen-bond acceptors (Lipinski definition) is 9. The standard InChI is InChI=1S/C18H29F2N7O3S/c1-31(29,30)11-2-4-27(5-3-11)15-12(20)8-23-9-13(15)26-18(28)14(16(21)22)17-24-6-10(19)7-25-17/h8-11,14,16-17,24-25H,2-7,21-22H2,1H3,(H,26,28). The summed E-state index contributed by atoms with van der Waals surface area (Å²) >= 11 is 0. The van der Waals surface area contributed by atoms with Crippen LogP contribution in [0.25, 0.3) is 0 Å². The van der Waals surface area contributed by atoms with Crippen molar-refractivity contribution in [3.63, 3.8) is 0 Å². The Hall–Kier alpha value is -1.93. The van der Waals surface area contributed by atoms with Crippen molar-refractivity contribution in [1.29, 1.82) is 0 Å². The number of anilines is 2. The fraction of sp³-hybridized carbons (Fsp3) is 0.667. The molecule has 31 heavy (non-hydrogen) atoms.